The maximum Gasteiger partial charge on any atom is 0.357 e. The van der Waals surface area contributed by atoms with Crippen LogP contribution in [-0.2, 0) is 20.7 Å². The van der Waals surface area contributed by atoms with Crippen LogP contribution >= 0.6 is 11.3 Å². The van der Waals surface area contributed by atoms with Crippen LogP contribution in [0.25, 0.3) is 0 Å². The quantitative estimate of drug-likeness (QED) is 0.564. The summed E-state index contributed by atoms with van der Waals surface area (Å²) in [6.07, 6.45) is 0.736. The van der Waals surface area contributed by atoms with Gasteiger partial charge >= 0.3 is 5.97 Å². The van der Waals surface area contributed by atoms with E-state index in [4.69, 9.17) is 4.74 Å². The lowest BCUT2D eigenvalue weighted by Gasteiger charge is -2.13. The second-order valence-electron chi connectivity index (χ2n) is 7.53. The molecular weight excluding hydrogens is 420 g/mol. The normalized spacial score (nSPS) is 15.5. The molecular formula is C21H24N4O5S. The lowest BCUT2D eigenvalue weighted by Crippen LogP contribution is -2.41. The second-order valence-corrected chi connectivity index (χ2v) is 8.61. The van der Waals surface area contributed by atoms with Crippen molar-refractivity contribution < 1.29 is 23.9 Å². The largest absolute Gasteiger partial charge is 0.464 e. The number of thiazole rings is 1. The Balaban J connectivity index is 1.63. The summed E-state index contributed by atoms with van der Waals surface area (Å²) in [7, 11) is 1.28. The third-order valence-electron chi connectivity index (χ3n) is 4.63. The molecule has 0 radical (unpaired) electrons. The van der Waals surface area contributed by atoms with E-state index in [2.05, 4.69) is 20.9 Å². The number of rotatable bonds is 7. The number of benzene rings is 1. The van der Waals surface area contributed by atoms with Gasteiger partial charge in [0.05, 0.1) is 18.4 Å². The van der Waals surface area contributed by atoms with Gasteiger partial charge in [-0.25, -0.2) is 9.78 Å². The summed E-state index contributed by atoms with van der Waals surface area (Å²) in [5, 5.41) is 8.33. The van der Waals surface area contributed by atoms with Crippen LogP contribution in [0.3, 0.4) is 0 Å². The third-order valence-corrected chi connectivity index (χ3v) is 5.62. The standard InChI is InChI=1S/C21H24N4O5S/c1-11(2)10-15-17(20(29)30-3)25-21(31-15)24-16(26)9-8-14-19(28)22-13-7-5-4-6-12(13)18(27)23-14/h4-7,11,14H,8-10H2,1-3H3,(H,22,28)(H,23,27)(H,24,25,26)/t14-/m1/s1. The fraction of sp³-hybridized carbons (Fsp3) is 0.381. The smallest absolute Gasteiger partial charge is 0.357 e. The van der Waals surface area contributed by atoms with E-state index in [1.165, 1.54) is 18.4 Å². The molecule has 9 nitrogen and oxygen atoms in total. The topological polar surface area (TPSA) is 126 Å². The summed E-state index contributed by atoms with van der Waals surface area (Å²) in [4.78, 5) is 54.1. The molecule has 0 bridgehead atoms. The van der Waals surface area contributed by atoms with Crippen LogP contribution in [0.2, 0.25) is 0 Å². The maximum absolute atomic E-state index is 12.4. The monoisotopic (exact) mass is 444 g/mol. The Bertz CT molecular complexity index is 1020. The Hall–Kier alpha value is -3.27. The Morgan fingerprint density at radius 1 is 1.26 bits per heavy atom. The molecule has 2 heterocycles. The van der Waals surface area contributed by atoms with E-state index in [0.717, 1.165) is 4.88 Å². The minimum absolute atomic E-state index is 0.0125. The summed E-state index contributed by atoms with van der Waals surface area (Å²) in [6, 6.07) is 5.87. The predicted octanol–water partition coefficient (Wildman–Crippen LogP) is 2.60. The van der Waals surface area contributed by atoms with Crippen LogP contribution in [0, 0.1) is 5.92 Å². The number of nitrogens with one attached hydrogen (secondary N) is 3. The van der Waals surface area contributed by atoms with E-state index in [1.807, 2.05) is 13.8 Å². The molecule has 1 aliphatic rings. The minimum Gasteiger partial charge on any atom is -0.464 e. The van der Waals surface area contributed by atoms with Gasteiger partial charge in [0, 0.05) is 11.3 Å². The van der Waals surface area contributed by atoms with Crippen LogP contribution in [0.4, 0.5) is 10.8 Å². The number of esters is 1. The van der Waals surface area contributed by atoms with Gasteiger partial charge in [-0.2, -0.15) is 0 Å². The molecule has 3 amide bonds. The van der Waals surface area contributed by atoms with Gasteiger partial charge < -0.3 is 20.7 Å². The van der Waals surface area contributed by atoms with Crippen LogP contribution in [0.1, 0.15) is 52.4 Å². The van der Waals surface area contributed by atoms with Gasteiger partial charge in [0.2, 0.25) is 11.8 Å². The summed E-state index contributed by atoms with van der Waals surface area (Å²) >= 11 is 1.22. The average molecular weight is 445 g/mol. The summed E-state index contributed by atoms with van der Waals surface area (Å²) in [5.74, 6) is -1.38. The van der Waals surface area contributed by atoms with E-state index >= 15 is 0 Å². The molecule has 0 aliphatic carbocycles. The molecule has 3 rings (SSSR count). The zero-order valence-electron chi connectivity index (χ0n) is 17.5. The summed E-state index contributed by atoms with van der Waals surface area (Å²) in [6.45, 7) is 4.03. The summed E-state index contributed by atoms with van der Waals surface area (Å²) in [5.41, 5.74) is 1.01. The maximum atomic E-state index is 12.4. The lowest BCUT2D eigenvalue weighted by atomic mass is 10.1. The number of anilines is 2. The number of methoxy groups -OCH3 is 1. The van der Waals surface area contributed by atoms with Crippen molar-refractivity contribution in [2.24, 2.45) is 5.92 Å². The minimum atomic E-state index is -0.843. The number of carbonyl (C=O) groups is 4. The Morgan fingerprint density at radius 2 is 2.00 bits per heavy atom. The molecule has 2 aromatic rings. The SMILES string of the molecule is COC(=O)c1nc(NC(=O)CC[C@H]2NC(=O)c3ccccc3NC2=O)sc1CC(C)C. The number of aromatic nitrogens is 1. The highest BCUT2D eigenvalue weighted by Gasteiger charge is 2.28. The molecule has 164 valence electrons. The van der Waals surface area contributed by atoms with Crippen LogP contribution in [0.15, 0.2) is 24.3 Å². The van der Waals surface area contributed by atoms with Crippen LogP contribution in [0.5, 0.6) is 0 Å². The molecule has 0 unspecified atom stereocenters. The molecule has 0 fully saturated rings. The fourth-order valence-electron chi connectivity index (χ4n) is 3.14. The van der Waals surface area contributed by atoms with E-state index in [1.54, 1.807) is 24.3 Å². The van der Waals surface area contributed by atoms with Gasteiger partial charge in [-0.15, -0.1) is 11.3 Å². The lowest BCUT2D eigenvalue weighted by molar-refractivity contribution is -0.118. The first-order valence-corrected chi connectivity index (χ1v) is 10.7. The Labute approximate surface area is 183 Å². The van der Waals surface area contributed by atoms with Crippen LogP contribution < -0.4 is 16.0 Å². The van der Waals surface area contributed by atoms with Gasteiger partial charge in [-0.3, -0.25) is 14.4 Å². The number of hydrogen-bond acceptors (Lipinski definition) is 7. The van der Waals surface area contributed by atoms with Crippen molar-refractivity contribution in [3.8, 4) is 0 Å². The van der Waals surface area contributed by atoms with Crippen molar-refractivity contribution in [2.45, 2.75) is 39.2 Å². The van der Waals surface area contributed by atoms with Gasteiger partial charge in [0.15, 0.2) is 10.8 Å². The molecule has 3 N–H and O–H groups in total. The zero-order chi connectivity index (χ0) is 22.5. The highest BCUT2D eigenvalue weighted by atomic mass is 32.1. The first-order chi connectivity index (χ1) is 14.8. The Kier molecular flexibility index (Phi) is 7.01. The van der Waals surface area contributed by atoms with E-state index in [0.29, 0.717) is 28.7 Å². The third kappa shape index (κ3) is 5.46. The molecule has 0 saturated heterocycles. The van der Waals surface area contributed by atoms with Crippen molar-refractivity contribution in [1.82, 2.24) is 10.3 Å². The average Bonchev–Trinajstić information content (AvgIpc) is 3.06. The zero-order valence-corrected chi connectivity index (χ0v) is 18.3. The molecule has 0 spiro atoms. The van der Waals surface area contributed by atoms with E-state index in [9.17, 15) is 19.2 Å². The fourth-order valence-corrected chi connectivity index (χ4v) is 4.32. The number of ether oxygens (including phenoxy) is 1. The van der Waals surface area contributed by atoms with Crippen molar-refractivity contribution in [2.75, 3.05) is 17.7 Å². The predicted molar refractivity (Wildman–Crippen MR) is 116 cm³/mol. The molecule has 1 atom stereocenters. The van der Waals surface area contributed by atoms with Crippen LogP contribution in [-0.4, -0.2) is 41.8 Å². The van der Waals surface area contributed by atoms with Crippen molar-refractivity contribution >= 4 is 45.8 Å². The number of nitrogens with zero attached hydrogens (tertiary/aromatic N) is 1. The van der Waals surface area contributed by atoms with Crippen molar-refractivity contribution in [1.29, 1.82) is 0 Å². The molecule has 1 aromatic carbocycles. The number of carbonyl (C=O) groups excluding carboxylic acids is 4. The van der Waals surface area contributed by atoms with Crippen molar-refractivity contribution in [3.05, 3.63) is 40.4 Å². The molecule has 31 heavy (non-hydrogen) atoms. The summed E-state index contributed by atoms with van der Waals surface area (Å²) < 4.78 is 4.77. The molecule has 1 aliphatic heterocycles. The second kappa shape index (κ2) is 9.69. The van der Waals surface area contributed by atoms with E-state index < -0.39 is 12.0 Å². The highest BCUT2D eigenvalue weighted by molar-refractivity contribution is 7.16. The Morgan fingerprint density at radius 3 is 2.71 bits per heavy atom. The molecule has 0 saturated carbocycles. The number of para-hydroxylation sites is 1. The number of amides is 3. The first kappa shape index (κ1) is 22.4. The first-order valence-electron chi connectivity index (χ1n) is 9.87. The number of hydrogen-bond donors (Lipinski definition) is 3. The van der Waals surface area contributed by atoms with E-state index in [-0.39, 0.29) is 36.3 Å². The van der Waals surface area contributed by atoms with Gasteiger partial charge in [-0.1, -0.05) is 26.0 Å². The van der Waals surface area contributed by atoms with Gasteiger partial charge in [-0.05, 0) is 30.9 Å². The molecule has 1 aromatic heterocycles. The van der Waals surface area contributed by atoms with Gasteiger partial charge in [0.25, 0.3) is 5.91 Å². The number of fused-ring (bicyclic) bond motifs is 1. The van der Waals surface area contributed by atoms with Gasteiger partial charge in [0.1, 0.15) is 6.04 Å². The highest BCUT2D eigenvalue weighted by Crippen LogP contribution is 2.27. The van der Waals surface area contributed by atoms with Crippen molar-refractivity contribution in [3.63, 3.8) is 0 Å². The molecule has 10 heteroatoms.